The fraction of sp³-hybridized carbons (Fsp3) is 0.217. The molecule has 25 heavy (non-hydrogen) atoms. The Morgan fingerprint density at radius 2 is 0.960 bits per heavy atom. The van der Waals surface area contributed by atoms with E-state index in [0.29, 0.717) is 0 Å². The lowest BCUT2D eigenvalue weighted by atomic mass is 10.4. The van der Waals surface area contributed by atoms with E-state index in [1.54, 1.807) is 5.30 Å². The fourth-order valence-corrected chi connectivity index (χ4v) is 8.60. The Labute approximate surface area is 154 Å². The second-order valence-electron chi connectivity index (χ2n) is 6.45. The lowest BCUT2D eigenvalue weighted by Crippen LogP contribution is -2.18. The molecule has 0 nitrogen and oxygen atoms in total. The molecule has 0 amide bonds. The highest BCUT2D eigenvalue weighted by Crippen LogP contribution is 2.44. The van der Waals surface area contributed by atoms with Crippen LogP contribution in [0.1, 0.15) is 13.8 Å². The van der Waals surface area contributed by atoms with Crippen LogP contribution >= 0.6 is 15.8 Å². The van der Waals surface area contributed by atoms with E-state index < -0.39 is 0 Å². The third-order valence-electron chi connectivity index (χ3n) is 4.41. The largest absolute Gasteiger partial charge is 0.0723 e. The van der Waals surface area contributed by atoms with Crippen LogP contribution in [0.3, 0.4) is 0 Å². The molecule has 0 aliphatic carbocycles. The van der Waals surface area contributed by atoms with Crippen LogP contribution in [-0.2, 0) is 0 Å². The molecule has 0 heterocycles. The van der Waals surface area contributed by atoms with Crippen molar-refractivity contribution in [3.63, 3.8) is 0 Å². The standard InChI is InChI=1S/C23H26P2/c1-20(2)24(21-12-6-3-7-13-21)18-19-25(22-14-8-4-9-15-22)23-16-10-5-11-17-23/h3-17,20H,18-19H2,1-2H3. The zero-order chi connectivity index (χ0) is 17.5. The van der Waals surface area contributed by atoms with Crippen LogP contribution in [0.4, 0.5) is 0 Å². The van der Waals surface area contributed by atoms with Crippen LogP contribution in [0.25, 0.3) is 0 Å². The predicted molar refractivity (Wildman–Crippen MR) is 117 cm³/mol. The molecule has 0 bridgehead atoms. The molecule has 3 rings (SSSR count). The van der Waals surface area contributed by atoms with Crippen LogP contribution in [0.5, 0.6) is 0 Å². The predicted octanol–water partition coefficient (Wildman–Crippen LogP) is 5.34. The van der Waals surface area contributed by atoms with Crippen LogP contribution in [0.15, 0.2) is 91.0 Å². The van der Waals surface area contributed by atoms with Crippen molar-refractivity contribution in [1.82, 2.24) is 0 Å². The van der Waals surface area contributed by atoms with E-state index >= 15 is 0 Å². The molecule has 0 spiro atoms. The molecule has 0 aliphatic heterocycles. The molecule has 1 atom stereocenters. The first-order chi connectivity index (χ1) is 12.3. The van der Waals surface area contributed by atoms with Crippen molar-refractivity contribution in [1.29, 1.82) is 0 Å². The van der Waals surface area contributed by atoms with Gasteiger partial charge in [0.25, 0.3) is 0 Å². The molecule has 0 aromatic heterocycles. The minimum atomic E-state index is -0.282. The van der Waals surface area contributed by atoms with E-state index in [-0.39, 0.29) is 15.8 Å². The summed E-state index contributed by atoms with van der Waals surface area (Å²) in [7, 11) is -0.394. The quantitative estimate of drug-likeness (QED) is 0.497. The third kappa shape index (κ3) is 5.01. The van der Waals surface area contributed by atoms with Crippen molar-refractivity contribution in [2.75, 3.05) is 12.3 Å². The Morgan fingerprint density at radius 1 is 0.560 bits per heavy atom. The summed E-state index contributed by atoms with van der Waals surface area (Å²) < 4.78 is 0. The maximum Gasteiger partial charge on any atom is -0.0195 e. The molecule has 2 heteroatoms. The Morgan fingerprint density at radius 3 is 1.36 bits per heavy atom. The van der Waals surface area contributed by atoms with Gasteiger partial charge in [0.1, 0.15) is 0 Å². The molecule has 0 N–H and O–H groups in total. The molecule has 0 saturated heterocycles. The monoisotopic (exact) mass is 364 g/mol. The molecule has 128 valence electrons. The maximum atomic E-state index is 2.38. The summed E-state index contributed by atoms with van der Waals surface area (Å²) in [5, 5.41) is 4.54. The summed E-state index contributed by atoms with van der Waals surface area (Å²) in [4.78, 5) is 0. The smallest absolute Gasteiger partial charge is 0.0195 e. The summed E-state index contributed by atoms with van der Waals surface area (Å²) in [6.07, 6.45) is 2.56. The van der Waals surface area contributed by atoms with Gasteiger partial charge in [-0.3, -0.25) is 0 Å². The zero-order valence-electron chi connectivity index (χ0n) is 15.0. The van der Waals surface area contributed by atoms with Gasteiger partial charge in [-0.2, -0.15) is 0 Å². The highest BCUT2D eigenvalue weighted by atomic mass is 31.1. The summed E-state index contributed by atoms with van der Waals surface area (Å²) in [6.45, 7) is 4.76. The van der Waals surface area contributed by atoms with Gasteiger partial charge in [-0.25, -0.2) is 0 Å². The molecule has 0 radical (unpaired) electrons. The van der Waals surface area contributed by atoms with E-state index in [0.717, 1.165) is 5.66 Å². The minimum Gasteiger partial charge on any atom is -0.0723 e. The van der Waals surface area contributed by atoms with Gasteiger partial charge in [-0.1, -0.05) is 113 Å². The van der Waals surface area contributed by atoms with Gasteiger partial charge in [-0.05, 0) is 41.8 Å². The Hall–Kier alpha value is -1.48. The normalized spacial score (nSPS) is 12.5. The van der Waals surface area contributed by atoms with Crippen LogP contribution in [0.2, 0.25) is 0 Å². The summed E-state index contributed by atoms with van der Waals surface area (Å²) in [5.41, 5.74) is 0.723. The van der Waals surface area contributed by atoms with Gasteiger partial charge >= 0.3 is 0 Å². The first-order valence-corrected chi connectivity index (χ1v) is 12.1. The van der Waals surface area contributed by atoms with Crippen molar-refractivity contribution in [3.05, 3.63) is 91.0 Å². The van der Waals surface area contributed by atoms with E-state index in [2.05, 4.69) is 105 Å². The van der Waals surface area contributed by atoms with Gasteiger partial charge in [0.2, 0.25) is 0 Å². The van der Waals surface area contributed by atoms with Gasteiger partial charge in [0.15, 0.2) is 0 Å². The lowest BCUT2D eigenvalue weighted by molar-refractivity contribution is 1.09. The van der Waals surface area contributed by atoms with E-state index in [9.17, 15) is 0 Å². The first kappa shape index (κ1) is 18.3. The molecule has 0 fully saturated rings. The van der Waals surface area contributed by atoms with Crippen molar-refractivity contribution in [3.8, 4) is 0 Å². The van der Waals surface area contributed by atoms with Gasteiger partial charge in [0.05, 0.1) is 0 Å². The second-order valence-corrected chi connectivity index (χ2v) is 11.7. The number of rotatable bonds is 7. The molecule has 3 aromatic rings. The fourth-order valence-electron chi connectivity index (χ4n) is 3.14. The summed E-state index contributed by atoms with van der Waals surface area (Å²) in [6, 6.07) is 33.3. The number of hydrogen-bond acceptors (Lipinski definition) is 0. The van der Waals surface area contributed by atoms with Crippen molar-refractivity contribution in [2.45, 2.75) is 19.5 Å². The van der Waals surface area contributed by atoms with Gasteiger partial charge in [0, 0.05) is 0 Å². The molecular weight excluding hydrogens is 338 g/mol. The summed E-state index contributed by atoms with van der Waals surface area (Å²) in [5.74, 6) is 0. The van der Waals surface area contributed by atoms with Gasteiger partial charge < -0.3 is 0 Å². The highest BCUT2D eigenvalue weighted by Gasteiger charge is 2.19. The van der Waals surface area contributed by atoms with Crippen molar-refractivity contribution >= 4 is 31.8 Å². The first-order valence-electron chi connectivity index (χ1n) is 8.95. The molecular formula is C23H26P2. The molecule has 1 unspecified atom stereocenters. The molecule has 0 aliphatic rings. The van der Waals surface area contributed by atoms with Crippen LogP contribution in [-0.4, -0.2) is 18.0 Å². The maximum absolute atomic E-state index is 2.38. The van der Waals surface area contributed by atoms with Crippen molar-refractivity contribution < 1.29 is 0 Å². The van der Waals surface area contributed by atoms with E-state index in [4.69, 9.17) is 0 Å². The van der Waals surface area contributed by atoms with Crippen LogP contribution < -0.4 is 15.9 Å². The van der Waals surface area contributed by atoms with E-state index in [1.807, 2.05) is 0 Å². The Kier molecular flexibility index (Phi) is 6.80. The average Bonchev–Trinajstić information content (AvgIpc) is 2.67. The highest BCUT2D eigenvalue weighted by molar-refractivity contribution is 7.74. The van der Waals surface area contributed by atoms with Crippen molar-refractivity contribution in [2.24, 2.45) is 0 Å². The lowest BCUT2D eigenvalue weighted by Gasteiger charge is -2.26. The minimum absolute atomic E-state index is 0.112. The third-order valence-corrected chi connectivity index (χ3v) is 10.2. The molecule has 0 saturated carbocycles. The van der Waals surface area contributed by atoms with E-state index in [1.165, 1.54) is 22.9 Å². The zero-order valence-corrected chi connectivity index (χ0v) is 16.8. The Bertz CT molecular complexity index is 699. The Balaban J connectivity index is 1.83. The topological polar surface area (TPSA) is 0 Å². The summed E-state index contributed by atoms with van der Waals surface area (Å²) >= 11 is 0. The number of benzene rings is 3. The SMILES string of the molecule is CC(C)P(CCP(c1ccccc1)c1ccccc1)c1ccccc1. The van der Waals surface area contributed by atoms with Gasteiger partial charge in [-0.15, -0.1) is 0 Å². The molecule has 3 aromatic carbocycles. The second kappa shape index (κ2) is 9.28. The average molecular weight is 364 g/mol. The van der Waals surface area contributed by atoms with Crippen LogP contribution in [0, 0.1) is 0 Å². The number of hydrogen-bond donors (Lipinski definition) is 0.